The van der Waals surface area contributed by atoms with Crippen molar-refractivity contribution in [1.82, 2.24) is 0 Å². The lowest BCUT2D eigenvalue weighted by Gasteiger charge is -2.08. The molecule has 3 aromatic carbocycles. The molecule has 5 heteroatoms. The summed E-state index contributed by atoms with van der Waals surface area (Å²) in [5.74, 6) is 0.857. The van der Waals surface area contributed by atoms with Crippen molar-refractivity contribution < 1.29 is 23.8 Å². The van der Waals surface area contributed by atoms with E-state index in [0.717, 1.165) is 5.56 Å². The number of para-hydroxylation sites is 1. The van der Waals surface area contributed by atoms with Crippen LogP contribution in [0.25, 0.3) is 6.08 Å². The molecule has 29 heavy (non-hydrogen) atoms. The molecule has 0 N–H and O–H groups in total. The second kappa shape index (κ2) is 9.37. The number of rotatable bonds is 7. The molecule has 0 aliphatic rings. The van der Waals surface area contributed by atoms with Gasteiger partial charge in [-0.2, -0.15) is 0 Å². The van der Waals surface area contributed by atoms with Gasteiger partial charge < -0.3 is 14.2 Å². The molecule has 5 nitrogen and oxygen atoms in total. The summed E-state index contributed by atoms with van der Waals surface area (Å²) in [6.07, 6.45) is 3.15. The minimum Gasteiger partial charge on any atom is -0.497 e. The second-order valence-electron chi connectivity index (χ2n) is 6.09. The summed E-state index contributed by atoms with van der Waals surface area (Å²) < 4.78 is 15.7. The molecule has 0 saturated carbocycles. The van der Waals surface area contributed by atoms with E-state index in [9.17, 15) is 9.59 Å². The summed E-state index contributed by atoms with van der Waals surface area (Å²) in [4.78, 5) is 24.7. The Bertz CT molecular complexity index is 1040. The maximum atomic E-state index is 12.4. The van der Waals surface area contributed by atoms with E-state index in [1.807, 2.05) is 6.07 Å². The van der Waals surface area contributed by atoms with Crippen LogP contribution in [-0.2, 0) is 0 Å². The number of ether oxygens (including phenoxy) is 3. The van der Waals surface area contributed by atoms with Gasteiger partial charge in [0.05, 0.1) is 14.2 Å². The average Bonchev–Trinajstić information content (AvgIpc) is 2.77. The molecular weight excluding hydrogens is 368 g/mol. The van der Waals surface area contributed by atoms with Crippen LogP contribution in [0.5, 0.6) is 17.2 Å². The summed E-state index contributed by atoms with van der Waals surface area (Å²) in [5, 5.41) is 0. The first kappa shape index (κ1) is 19.9. The van der Waals surface area contributed by atoms with E-state index in [1.54, 1.807) is 79.9 Å². The number of hydrogen-bond donors (Lipinski definition) is 0. The lowest BCUT2D eigenvalue weighted by molar-refractivity contribution is 0.0731. The van der Waals surface area contributed by atoms with Gasteiger partial charge >= 0.3 is 5.97 Å². The Balaban J connectivity index is 1.71. The van der Waals surface area contributed by atoms with Gasteiger partial charge in [0.15, 0.2) is 5.78 Å². The van der Waals surface area contributed by atoms with Gasteiger partial charge in [-0.15, -0.1) is 0 Å². The molecule has 0 saturated heterocycles. The molecule has 0 atom stereocenters. The molecule has 0 aliphatic heterocycles. The van der Waals surface area contributed by atoms with Crippen LogP contribution >= 0.6 is 0 Å². The van der Waals surface area contributed by atoms with E-state index in [-0.39, 0.29) is 5.78 Å². The van der Waals surface area contributed by atoms with Crippen LogP contribution in [0, 0.1) is 0 Å². The minimum atomic E-state index is -0.516. The molecule has 0 bridgehead atoms. The maximum absolute atomic E-state index is 12.4. The standard InChI is InChI=1S/C24H20O5/c1-27-19-13-11-18(12-14-19)22(25)15-10-17-6-5-7-20(16-17)29-24(26)21-8-3-4-9-23(21)28-2/h3-16H,1-2H3. The average molecular weight is 388 g/mol. The van der Waals surface area contributed by atoms with Gasteiger partial charge in [-0.25, -0.2) is 4.79 Å². The van der Waals surface area contributed by atoms with E-state index >= 15 is 0 Å². The minimum absolute atomic E-state index is 0.135. The Morgan fingerprint density at radius 3 is 2.28 bits per heavy atom. The summed E-state index contributed by atoms with van der Waals surface area (Å²) in [6, 6.07) is 20.7. The third-order valence-electron chi connectivity index (χ3n) is 4.20. The lowest BCUT2D eigenvalue weighted by Crippen LogP contribution is -2.10. The molecule has 0 unspecified atom stereocenters. The fourth-order valence-corrected chi connectivity index (χ4v) is 2.68. The molecule has 146 valence electrons. The smallest absolute Gasteiger partial charge is 0.347 e. The van der Waals surface area contributed by atoms with E-state index < -0.39 is 5.97 Å². The Morgan fingerprint density at radius 2 is 1.55 bits per heavy atom. The van der Waals surface area contributed by atoms with Gasteiger partial charge in [0, 0.05) is 5.56 Å². The lowest BCUT2D eigenvalue weighted by atomic mass is 10.1. The zero-order valence-corrected chi connectivity index (χ0v) is 16.1. The number of carbonyl (C=O) groups excluding carboxylic acids is 2. The topological polar surface area (TPSA) is 61.8 Å². The third kappa shape index (κ3) is 5.11. The highest BCUT2D eigenvalue weighted by Crippen LogP contribution is 2.21. The van der Waals surface area contributed by atoms with E-state index in [1.165, 1.54) is 13.2 Å². The van der Waals surface area contributed by atoms with Crippen LogP contribution in [0.3, 0.4) is 0 Å². The van der Waals surface area contributed by atoms with Crippen molar-refractivity contribution in [3.63, 3.8) is 0 Å². The van der Waals surface area contributed by atoms with Crippen LogP contribution in [-0.4, -0.2) is 26.0 Å². The number of benzene rings is 3. The van der Waals surface area contributed by atoms with Crippen LogP contribution in [0.2, 0.25) is 0 Å². The summed E-state index contributed by atoms with van der Waals surface area (Å²) in [5.41, 5.74) is 1.63. The van der Waals surface area contributed by atoms with Gasteiger partial charge in [-0.05, 0) is 60.2 Å². The van der Waals surface area contributed by atoms with Gasteiger partial charge in [0.25, 0.3) is 0 Å². The van der Waals surface area contributed by atoms with Crippen LogP contribution in [0.4, 0.5) is 0 Å². The van der Waals surface area contributed by atoms with E-state index in [0.29, 0.717) is 28.4 Å². The Hall–Kier alpha value is -3.86. The predicted molar refractivity (Wildman–Crippen MR) is 111 cm³/mol. The van der Waals surface area contributed by atoms with Crippen molar-refractivity contribution in [3.8, 4) is 17.2 Å². The SMILES string of the molecule is COc1ccc(C(=O)C=Cc2cccc(OC(=O)c3ccccc3OC)c2)cc1. The molecule has 3 rings (SSSR count). The molecular formula is C24H20O5. The highest BCUT2D eigenvalue weighted by Gasteiger charge is 2.14. The molecule has 0 spiro atoms. The molecule has 0 heterocycles. The molecule has 0 amide bonds. The first-order valence-corrected chi connectivity index (χ1v) is 8.92. The molecule has 0 fully saturated rings. The summed E-state index contributed by atoms with van der Waals surface area (Å²) in [6.45, 7) is 0. The highest BCUT2D eigenvalue weighted by atomic mass is 16.5. The number of allylic oxidation sites excluding steroid dienone is 1. The van der Waals surface area contributed by atoms with E-state index in [2.05, 4.69) is 0 Å². The third-order valence-corrected chi connectivity index (χ3v) is 4.20. The monoisotopic (exact) mass is 388 g/mol. The normalized spacial score (nSPS) is 10.6. The molecule has 3 aromatic rings. The fraction of sp³-hybridized carbons (Fsp3) is 0.0833. The number of methoxy groups -OCH3 is 2. The zero-order valence-electron chi connectivity index (χ0n) is 16.1. The van der Waals surface area contributed by atoms with Crippen LogP contribution in [0.1, 0.15) is 26.3 Å². The second-order valence-corrected chi connectivity index (χ2v) is 6.09. The van der Waals surface area contributed by atoms with Gasteiger partial charge in [0.1, 0.15) is 22.8 Å². The summed E-state index contributed by atoms with van der Waals surface area (Å²) >= 11 is 0. The molecule has 0 radical (unpaired) electrons. The van der Waals surface area contributed by atoms with Crippen molar-refractivity contribution in [1.29, 1.82) is 0 Å². The quantitative estimate of drug-likeness (QED) is 0.251. The van der Waals surface area contributed by atoms with Gasteiger partial charge in [0.2, 0.25) is 0 Å². The molecule has 0 aromatic heterocycles. The van der Waals surface area contributed by atoms with Crippen molar-refractivity contribution in [2.45, 2.75) is 0 Å². The van der Waals surface area contributed by atoms with Crippen molar-refractivity contribution in [2.24, 2.45) is 0 Å². The van der Waals surface area contributed by atoms with Gasteiger partial charge in [-0.1, -0.05) is 30.3 Å². The van der Waals surface area contributed by atoms with Gasteiger partial charge in [-0.3, -0.25) is 4.79 Å². The largest absolute Gasteiger partial charge is 0.497 e. The Kier molecular flexibility index (Phi) is 6.43. The number of esters is 1. The van der Waals surface area contributed by atoms with Crippen molar-refractivity contribution in [3.05, 3.63) is 95.6 Å². The predicted octanol–water partition coefficient (Wildman–Crippen LogP) is 4.82. The van der Waals surface area contributed by atoms with E-state index in [4.69, 9.17) is 14.2 Å². The Morgan fingerprint density at radius 1 is 0.793 bits per heavy atom. The van der Waals surface area contributed by atoms with Crippen molar-refractivity contribution >= 4 is 17.8 Å². The zero-order chi connectivity index (χ0) is 20.6. The van der Waals surface area contributed by atoms with Crippen LogP contribution in [0.15, 0.2) is 78.9 Å². The van der Waals surface area contributed by atoms with Crippen molar-refractivity contribution in [2.75, 3.05) is 14.2 Å². The maximum Gasteiger partial charge on any atom is 0.347 e. The number of carbonyl (C=O) groups is 2. The number of hydrogen-bond acceptors (Lipinski definition) is 5. The van der Waals surface area contributed by atoms with Crippen LogP contribution < -0.4 is 14.2 Å². The number of ketones is 1. The Labute approximate surface area is 169 Å². The first-order valence-electron chi connectivity index (χ1n) is 8.92. The first-order chi connectivity index (χ1) is 14.1. The summed E-state index contributed by atoms with van der Waals surface area (Å²) in [7, 11) is 3.07. The molecule has 0 aliphatic carbocycles. The highest BCUT2D eigenvalue weighted by molar-refractivity contribution is 6.06. The fourth-order valence-electron chi connectivity index (χ4n) is 2.68.